The van der Waals surface area contributed by atoms with Gasteiger partial charge in [0.25, 0.3) is 0 Å². The van der Waals surface area contributed by atoms with Gasteiger partial charge in [0.2, 0.25) is 5.43 Å². The number of rotatable bonds is 0. The largest absolute Gasteiger partial charge is 0.463 e. The molecule has 0 bridgehead atoms. The van der Waals surface area contributed by atoms with Gasteiger partial charge in [-0.25, -0.2) is 4.39 Å². The molecule has 0 aliphatic rings. The normalized spacial score (nSPS) is 10.9. The van der Waals surface area contributed by atoms with Gasteiger partial charge in [-0.1, -0.05) is 0 Å². The summed E-state index contributed by atoms with van der Waals surface area (Å²) in [6.07, 6.45) is 1.34. The van der Waals surface area contributed by atoms with Crippen molar-refractivity contribution in [1.29, 1.82) is 0 Å². The van der Waals surface area contributed by atoms with Crippen LogP contribution in [0.15, 0.2) is 26.0 Å². The highest BCUT2D eigenvalue weighted by molar-refractivity contribution is 14.1. The van der Waals surface area contributed by atoms with Crippen LogP contribution in [0.3, 0.4) is 0 Å². The van der Waals surface area contributed by atoms with Crippen molar-refractivity contribution >= 4 is 49.5 Å². The van der Waals surface area contributed by atoms with Gasteiger partial charge in [0.1, 0.15) is 17.7 Å². The Morgan fingerprint density at radius 3 is 2.87 bits per heavy atom. The maximum absolute atomic E-state index is 13.5. The summed E-state index contributed by atoms with van der Waals surface area (Å²) in [4.78, 5) is 11.7. The fraction of sp³-hybridized carbons (Fsp3) is 0.100. The first kappa shape index (κ1) is 11.1. The molecule has 0 saturated carbocycles. The van der Waals surface area contributed by atoms with Crippen LogP contribution in [0.1, 0.15) is 5.56 Å². The van der Waals surface area contributed by atoms with Crippen LogP contribution in [-0.2, 0) is 0 Å². The Hall–Kier alpha value is -0.430. The van der Waals surface area contributed by atoms with Gasteiger partial charge in [0.15, 0.2) is 0 Å². The molecule has 2 aromatic rings. The van der Waals surface area contributed by atoms with E-state index in [4.69, 9.17) is 4.42 Å². The molecule has 1 aromatic carbocycles. The topological polar surface area (TPSA) is 30.2 Å². The zero-order valence-electron chi connectivity index (χ0n) is 7.61. The number of aryl methyl sites for hydroxylation is 1. The number of fused-ring (bicyclic) bond motifs is 1. The monoisotopic (exact) mass is 382 g/mol. The standard InChI is InChI=1S/C10H5BrFIO2/c1-4-8(12)6(11)2-5-9(14)7(13)3-15-10(4)5/h2-3H,1H3. The SMILES string of the molecule is Cc1c(F)c(Br)cc2c(=O)c(I)coc12. The first-order valence-corrected chi connectivity index (χ1v) is 5.95. The highest BCUT2D eigenvalue weighted by atomic mass is 127. The molecule has 0 N–H and O–H groups in total. The molecule has 0 fully saturated rings. The molecule has 5 heteroatoms. The van der Waals surface area contributed by atoms with Gasteiger partial charge in [-0.2, -0.15) is 0 Å². The van der Waals surface area contributed by atoms with Gasteiger partial charge in [-0.05, 0) is 51.5 Å². The smallest absolute Gasteiger partial charge is 0.206 e. The molecule has 1 heterocycles. The van der Waals surface area contributed by atoms with Gasteiger partial charge in [0.05, 0.1) is 13.4 Å². The molecule has 0 unspecified atom stereocenters. The molecule has 78 valence electrons. The maximum Gasteiger partial charge on any atom is 0.206 e. The van der Waals surface area contributed by atoms with Crippen LogP contribution >= 0.6 is 38.5 Å². The van der Waals surface area contributed by atoms with Gasteiger partial charge in [0, 0.05) is 5.56 Å². The van der Waals surface area contributed by atoms with Crippen LogP contribution in [0.25, 0.3) is 11.0 Å². The van der Waals surface area contributed by atoms with E-state index in [0.717, 1.165) is 0 Å². The average molecular weight is 383 g/mol. The summed E-state index contributed by atoms with van der Waals surface area (Å²) in [5.74, 6) is -0.396. The lowest BCUT2D eigenvalue weighted by molar-refractivity contribution is 0.575. The van der Waals surface area contributed by atoms with E-state index >= 15 is 0 Å². The van der Waals surface area contributed by atoms with Crippen LogP contribution in [0.5, 0.6) is 0 Å². The molecular formula is C10H5BrFIO2. The minimum atomic E-state index is -0.396. The Balaban J connectivity index is 3.05. The second kappa shape index (κ2) is 3.86. The van der Waals surface area contributed by atoms with Crippen molar-refractivity contribution in [2.75, 3.05) is 0 Å². The summed E-state index contributed by atoms with van der Waals surface area (Å²) in [7, 11) is 0. The van der Waals surface area contributed by atoms with Crippen molar-refractivity contribution in [2.45, 2.75) is 6.92 Å². The summed E-state index contributed by atoms with van der Waals surface area (Å²) in [5, 5.41) is 0.396. The number of halogens is 3. The Labute approximate surface area is 107 Å². The first-order valence-electron chi connectivity index (χ1n) is 4.08. The Kier molecular flexibility index (Phi) is 2.85. The minimum absolute atomic E-state index is 0.138. The molecule has 0 spiro atoms. The van der Waals surface area contributed by atoms with Crippen molar-refractivity contribution in [3.63, 3.8) is 0 Å². The Morgan fingerprint density at radius 2 is 2.20 bits per heavy atom. The maximum atomic E-state index is 13.5. The summed E-state index contributed by atoms with van der Waals surface area (Å²) < 4.78 is 19.5. The lowest BCUT2D eigenvalue weighted by atomic mass is 10.1. The molecule has 0 radical (unpaired) electrons. The van der Waals surface area contributed by atoms with Crippen LogP contribution in [0.2, 0.25) is 0 Å². The molecule has 0 aliphatic heterocycles. The number of benzene rings is 1. The number of hydrogen-bond donors (Lipinski definition) is 0. The van der Waals surface area contributed by atoms with Gasteiger partial charge in [-0.3, -0.25) is 4.79 Å². The van der Waals surface area contributed by atoms with E-state index in [0.29, 0.717) is 20.1 Å². The third kappa shape index (κ3) is 1.71. The Bertz CT molecular complexity index is 606. The molecular weight excluding hydrogens is 378 g/mol. The molecule has 1 aromatic heterocycles. The predicted molar refractivity (Wildman–Crippen MR) is 67.6 cm³/mol. The number of hydrogen-bond acceptors (Lipinski definition) is 2. The lowest BCUT2D eigenvalue weighted by Crippen LogP contribution is -2.06. The van der Waals surface area contributed by atoms with Crippen molar-refractivity contribution in [2.24, 2.45) is 0 Å². The first-order chi connectivity index (χ1) is 7.02. The van der Waals surface area contributed by atoms with E-state index in [1.165, 1.54) is 12.3 Å². The van der Waals surface area contributed by atoms with Crippen molar-refractivity contribution < 1.29 is 8.81 Å². The van der Waals surface area contributed by atoms with E-state index in [9.17, 15) is 9.18 Å². The second-order valence-electron chi connectivity index (χ2n) is 3.09. The van der Waals surface area contributed by atoms with E-state index in [2.05, 4.69) is 15.9 Å². The van der Waals surface area contributed by atoms with Crippen molar-refractivity contribution in [3.8, 4) is 0 Å². The van der Waals surface area contributed by atoms with E-state index < -0.39 is 5.82 Å². The molecule has 15 heavy (non-hydrogen) atoms. The van der Waals surface area contributed by atoms with Gasteiger partial charge < -0.3 is 4.42 Å². The average Bonchev–Trinajstić information content (AvgIpc) is 2.21. The summed E-state index contributed by atoms with van der Waals surface area (Å²) in [6.45, 7) is 1.58. The summed E-state index contributed by atoms with van der Waals surface area (Å²) in [6, 6.07) is 1.45. The van der Waals surface area contributed by atoms with Crippen LogP contribution in [0, 0.1) is 16.3 Å². The van der Waals surface area contributed by atoms with Gasteiger partial charge in [-0.15, -0.1) is 0 Å². The highest BCUT2D eigenvalue weighted by Gasteiger charge is 2.13. The quantitative estimate of drug-likeness (QED) is 0.651. The van der Waals surface area contributed by atoms with Crippen LogP contribution < -0.4 is 5.43 Å². The molecule has 0 saturated heterocycles. The summed E-state index contributed by atoms with van der Waals surface area (Å²) in [5.41, 5.74) is 0.509. The highest BCUT2D eigenvalue weighted by Crippen LogP contribution is 2.26. The minimum Gasteiger partial charge on any atom is -0.463 e. The van der Waals surface area contributed by atoms with E-state index in [1.807, 2.05) is 22.6 Å². The molecule has 0 atom stereocenters. The predicted octanol–water partition coefficient (Wildman–Crippen LogP) is 3.61. The van der Waals surface area contributed by atoms with Crippen LogP contribution in [0.4, 0.5) is 4.39 Å². The van der Waals surface area contributed by atoms with E-state index in [1.54, 1.807) is 6.92 Å². The van der Waals surface area contributed by atoms with Crippen molar-refractivity contribution in [3.05, 3.63) is 42.0 Å². The Morgan fingerprint density at radius 1 is 1.53 bits per heavy atom. The van der Waals surface area contributed by atoms with Crippen LogP contribution in [-0.4, -0.2) is 0 Å². The van der Waals surface area contributed by atoms with Crippen molar-refractivity contribution in [1.82, 2.24) is 0 Å². The zero-order valence-corrected chi connectivity index (χ0v) is 11.3. The zero-order chi connectivity index (χ0) is 11.2. The van der Waals surface area contributed by atoms with E-state index in [-0.39, 0.29) is 9.90 Å². The molecule has 0 amide bonds. The second-order valence-corrected chi connectivity index (χ2v) is 5.10. The molecule has 2 rings (SSSR count). The summed E-state index contributed by atoms with van der Waals surface area (Å²) >= 11 is 4.96. The third-order valence-electron chi connectivity index (χ3n) is 2.14. The van der Waals surface area contributed by atoms with Gasteiger partial charge >= 0.3 is 0 Å². The third-order valence-corrected chi connectivity index (χ3v) is 3.46. The fourth-order valence-corrected chi connectivity index (χ4v) is 2.29. The fourth-order valence-electron chi connectivity index (χ4n) is 1.35. The molecule has 2 nitrogen and oxygen atoms in total. The lowest BCUT2D eigenvalue weighted by Gasteiger charge is -2.04. The molecule has 0 aliphatic carbocycles.